The van der Waals surface area contributed by atoms with E-state index in [0.717, 1.165) is 19.3 Å². The molecule has 3 heteroatoms. The van der Waals surface area contributed by atoms with Gasteiger partial charge < -0.3 is 11.1 Å². The van der Waals surface area contributed by atoms with E-state index in [1.54, 1.807) is 0 Å². The summed E-state index contributed by atoms with van der Waals surface area (Å²) in [5, 5.41) is 3.10. The van der Waals surface area contributed by atoms with Crippen molar-refractivity contribution in [3.63, 3.8) is 0 Å². The van der Waals surface area contributed by atoms with Crippen LogP contribution >= 0.6 is 0 Å². The number of aryl methyl sites for hydroxylation is 1. The minimum Gasteiger partial charge on any atom is -0.349 e. The fraction of sp³-hybridized carbons (Fsp3) is 0.533. The van der Waals surface area contributed by atoms with Crippen LogP contribution in [0.3, 0.4) is 0 Å². The second-order valence-corrected chi connectivity index (χ2v) is 5.36. The molecule has 98 valence electrons. The molecule has 1 aromatic rings. The molecule has 0 aliphatic heterocycles. The third-order valence-electron chi connectivity index (χ3n) is 3.86. The van der Waals surface area contributed by atoms with Crippen LogP contribution in [0.15, 0.2) is 24.3 Å². The van der Waals surface area contributed by atoms with Crippen molar-refractivity contribution >= 4 is 5.91 Å². The Morgan fingerprint density at radius 2 is 2.11 bits per heavy atom. The summed E-state index contributed by atoms with van der Waals surface area (Å²) < 4.78 is 0. The maximum Gasteiger partial charge on any atom is 0.223 e. The van der Waals surface area contributed by atoms with E-state index in [1.165, 1.54) is 11.1 Å². The lowest BCUT2D eigenvalue weighted by Gasteiger charge is -2.19. The molecule has 0 saturated heterocycles. The number of carbonyl (C=O) groups excluding carboxylic acids is 1. The zero-order valence-corrected chi connectivity index (χ0v) is 11.1. The van der Waals surface area contributed by atoms with Gasteiger partial charge in [-0.3, -0.25) is 4.79 Å². The first-order chi connectivity index (χ1) is 8.58. The molecule has 1 aliphatic carbocycles. The van der Waals surface area contributed by atoms with E-state index in [4.69, 9.17) is 5.73 Å². The SMILES string of the molecule is Cc1ccccc1[C@@H](C)NC(=O)C1CCC(N)C1. The normalized spacial score (nSPS) is 24.8. The highest BCUT2D eigenvalue weighted by Gasteiger charge is 2.28. The van der Waals surface area contributed by atoms with Crippen LogP contribution in [0, 0.1) is 12.8 Å². The molecule has 0 radical (unpaired) electrons. The van der Waals surface area contributed by atoms with Crippen LogP contribution in [0.1, 0.15) is 43.4 Å². The lowest BCUT2D eigenvalue weighted by molar-refractivity contribution is -0.125. The van der Waals surface area contributed by atoms with Crippen LogP contribution in [-0.2, 0) is 4.79 Å². The lowest BCUT2D eigenvalue weighted by Crippen LogP contribution is -2.32. The van der Waals surface area contributed by atoms with Crippen LogP contribution in [0.2, 0.25) is 0 Å². The van der Waals surface area contributed by atoms with E-state index in [2.05, 4.69) is 24.4 Å². The Balaban J connectivity index is 1.97. The lowest BCUT2D eigenvalue weighted by atomic mass is 10.0. The molecule has 0 bridgehead atoms. The number of hydrogen-bond acceptors (Lipinski definition) is 2. The number of nitrogens with two attached hydrogens (primary N) is 1. The molecule has 1 amide bonds. The van der Waals surface area contributed by atoms with Crippen molar-refractivity contribution in [3.05, 3.63) is 35.4 Å². The Bertz CT molecular complexity index is 430. The molecular formula is C15H22N2O. The van der Waals surface area contributed by atoms with Gasteiger partial charge in [0, 0.05) is 12.0 Å². The Hall–Kier alpha value is -1.35. The Morgan fingerprint density at radius 1 is 1.39 bits per heavy atom. The first-order valence-electron chi connectivity index (χ1n) is 6.69. The first kappa shape index (κ1) is 13.1. The maximum atomic E-state index is 12.1. The van der Waals surface area contributed by atoms with E-state index in [1.807, 2.05) is 19.1 Å². The van der Waals surface area contributed by atoms with Crippen LogP contribution in [-0.4, -0.2) is 11.9 Å². The van der Waals surface area contributed by atoms with Crippen molar-refractivity contribution in [2.45, 2.75) is 45.2 Å². The molecule has 2 rings (SSSR count). The molecule has 1 saturated carbocycles. The quantitative estimate of drug-likeness (QED) is 0.859. The van der Waals surface area contributed by atoms with Crippen molar-refractivity contribution in [1.82, 2.24) is 5.32 Å². The largest absolute Gasteiger partial charge is 0.349 e. The van der Waals surface area contributed by atoms with E-state index in [0.29, 0.717) is 0 Å². The number of carbonyl (C=O) groups is 1. The molecule has 1 aromatic carbocycles. The van der Waals surface area contributed by atoms with Gasteiger partial charge in [0.1, 0.15) is 0 Å². The second kappa shape index (κ2) is 5.53. The topological polar surface area (TPSA) is 55.1 Å². The summed E-state index contributed by atoms with van der Waals surface area (Å²) >= 11 is 0. The zero-order chi connectivity index (χ0) is 13.1. The summed E-state index contributed by atoms with van der Waals surface area (Å²) in [6.45, 7) is 4.11. The van der Waals surface area contributed by atoms with Crippen LogP contribution < -0.4 is 11.1 Å². The Labute approximate surface area is 109 Å². The average Bonchev–Trinajstić information content (AvgIpc) is 2.76. The van der Waals surface area contributed by atoms with Gasteiger partial charge >= 0.3 is 0 Å². The highest BCUT2D eigenvalue weighted by atomic mass is 16.1. The smallest absolute Gasteiger partial charge is 0.223 e. The molecule has 2 unspecified atom stereocenters. The summed E-state index contributed by atoms with van der Waals surface area (Å²) in [5.74, 6) is 0.255. The molecule has 0 heterocycles. The van der Waals surface area contributed by atoms with Gasteiger partial charge in [0.25, 0.3) is 0 Å². The first-order valence-corrected chi connectivity index (χ1v) is 6.69. The minimum absolute atomic E-state index is 0.0653. The van der Waals surface area contributed by atoms with Gasteiger partial charge in [-0.1, -0.05) is 24.3 Å². The predicted octanol–water partition coefficient (Wildman–Crippen LogP) is 2.30. The average molecular weight is 246 g/mol. The number of hydrogen-bond donors (Lipinski definition) is 2. The number of benzene rings is 1. The predicted molar refractivity (Wildman–Crippen MR) is 73.1 cm³/mol. The summed E-state index contributed by atoms with van der Waals surface area (Å²) in [6.07, 6.45) is 2.72. The van der Waals surface area contributed by atoms with Gasteiger partial charge in [0.15, 0.2) is 0 Å². The van der Waals surface area contributed by atoms with E-state index in [9.17, 15) is 4.79 Å². The molecule has 3 N–H and O–H groups in total. The summed E-state index contributed by atoms with van der Waals surface area (Å²) in [5.41, 5.74) is 8.25. The molecule has 3 atom stereocenters. The number of rotatable bonds is 3. The number of amides is 1. The van der Waals surface area contributed by atoms with E-state index < -0.39 is 0 Å². The third kappa shape index (κ3) is 2.91. The summed E-state index contributed by atoms with van der Waals surface area (Å²) in [4.78, 5) is 12.1. The van der Waals surface area contributed by atoms with Gasteiger partial charge in [-0.25, -0.2) is 0 Å². The molecular weight excluding hydrogens is 224 g/mol. The second-order valence-electron chi connectivity index (χ2n) is 5.36. The Morgan fingerprint density at radius 3 is 2.72 bits per heavy atom. The van der Waals surface area contributed by atoms with Crippen molar-refractivity contribution in [2.24, 2.45) is 11.7 Å². The molecule has 0 aromatic heterocycles. The van der Waals surface area contributed by atoms with Gasteiger partial charge in [-0.2, -0.15) is 0 Å². The molecule has 1 aliphatic rings. The standard InChI is InChI=1S/C15H22N2O/c1-10-5-3-4-6-14(10)11(2)17-15(18)12-7-8-13(16)9-12/h3-6,11-13H,7-9,16H2,1-2H3,(H,17,18)/t11-,12?,13?/m1/s1. The van der Waals surface area contributed by atoms with Crippen molar-refractivity contribution < 1.29 is 4.79 Å². The van der Waals surface area contributed by atoms with Gasteiger partial charge in [-0.05, 0) is 44.2 Å². The monoisotopic (exact) mass is 246 g/mol. The van der Waals surface area contributed by atoms with E-state index in [-0.39, 0.29) is 23.9 Å². The fourth-order valence-electron chi connectivity index (χ4n) is 2.74. The Kier molecular flexibility index (Phi) is 4.02. The molecule has 1 fully saturated rings. The van der Waals surface area contributed by atoms with Crippen molar-refractivity contribution in [1.29, 1.82) is 0 Å². The van der Waals surface area contributed by atoms with Gasteiger partial charge in [-0.15, -0.1) is 0 Å². The number of nitrogens with one attached hydrogen (secondary N) is 1. The van der Waals surface area contributed by atoms with Gasteiger partial charge in [0.2, 0.25) is 5.91 Å². The van der Waals surface area contributed by atoms with Crippen LogP contribution in [0.25, 0.3) is 0 Å². The highest BCUT2D eigenvalue weighted by Crippen LogP contribution is 2.25. The molecule has 18 heavy (non-hydrogen) atoms. The third-order valence-corrected chi connectivity index (χ3v) is 3.86. The minimum atomic E-state index is 0.0653. The maximum absolute atomic E-state index is 12.1. The van der Waals surface area contributed by atoms with Crippen LogP contribution in [0.4, 0.5) is 0 Å². The van der Waals surface area contributed by atoms with Crippen molar-refractivity contribution in [2.75, 3.05) is 0 Å². The van der Waals surface area contributed by atoms with Crippen molar-refractivity contribution in [3.8, 4) is 0 Å². The van der Waals surface area contributed by atoms with Gasteiger partial charge in [0.05, 0.1) is 6.04 Å². The summed E-state index contributed by atoms with van der Waals surface area (Å²) in [6, 6.07) is 8.44. The van der Waals surface area contributed by atoms with Crippen LogP contribution in [0.5, 0.6) is 0 Å². The highest BCUT2D eigenvalue weighted by molar-refractivity contribution is 5.79. The molecule has 0 spiro atoms. The zero-order valence-electron chi connectivity index (χ0n) is 11.1. The summed E-state index contributed by atoms with van der Waals surface area (Å²) in [7, 11) is 0. The molecule has 3 nitrogen and oxygen atoms in total. The van der Waals surface area contributed by atoms with E-state index >= 15 is 0 Å². The fourth-order valence-corrected chi connectivity index (χ4v) is 2.74.